The highest BCUT2D eigenvalue weighted by Gasteiger charge is 2.23. The van der Waals surface area contributed by atoms with Gasteiger partial charge in [-0.25, -0.2) is 0 Å². The van der Waals surface area contributed by atoms with Crippen molar-refractivity contribution in [1.29, 1.82) is 0 Å². The van der Waals surface area contributed by atoms with E-state index in [2.05, 4.69) is 6.07 Å². The quantitative estimate of drug-likeness (QED) is 0.803. The van der Waals surface area contributed by atoms with Crippen LogP contribution in [-0.4, -0.2) is 25.6 Å². The summed E-state index contributed by atoms with van der Waals surface area (Å²) in [6.07, 6.45) is 2.02. The van der Waals surface area contributed by atoms with Crippen molar-refractivity contribution in [2.45, 2.75) is 38.2 Å². The van der Waals surface area contributed by atoms with Crippen LogP contribution in [0.15, 0.2) is 24.3 Å². The van der Waals surface area contributed by atoms with E-state index < -0.39 is 0 Å². The number of carbonyl (C=O) groups is 1. The van der Waals surface area contributed by atoms with E-state index >= 15 is 0 Å². The number of ketones is 1. The fourth-order valence-electron chi connectivity index (χ4n) is 2.39. The first-order valence-corrected chi connectivity index (χ1v) is 6.47. The van der Waals surface area contributed by atoms with Gasteiger partial charge < -0.3 is 9.47 Å². The highest BCUT2D eigenvalue weighted by molar-refractivity contribution is 5.80. The van der Waals surface area contributed by atoms with Crippen molar-refractivity contribution < 1.29 is 14.3 Å². The normalized spacial score (nSPS) is 19.8. The monoisotopic (exact) mass is 248 g/mol. The summed E-state index contributed by atoms with van der Waals surface area (Å²) in [5.41, 5.74) is 1.17. The van der Waals surface area contributed by atoms with Crippen LogP contribution in [-0.2, 0) is 9.53 Å². The van der Waals surface area contributed by atoms with Gasteiger partial charge in [-0.3, -0.25) is 4.79 Å². The minimum atomic E-state index is 0.00702. The molecule has 3 heteroatoms. The summed E-state index contributed by atoms with van der Waals surface area (Å²) in [5.74, 6) is 1.50. The van der Waals surface area contributed by atoms with E-state index in [0.717, 1.165) is 12.2 Å². The molecule has 0 N–H and O–H groups in total. The molecule has 0 aromatic heterocycles. The van der Waals surface area contributed by atoms with Crippen LogP contribution in [0.1, 0.15) is 37.7 Å². The van der Waals surface area contributed by atoms with Gasteiger partial charge in [-0.05, 0) is 30.9 Å². The number of hydrogen-bond acceptors (Lipinski definition) is 3. The third-order valence-electron chi connectivity index (χ3n) is 3.47. The van der Waals surface area contributed by atoms with Gasteiger partial charge in [0, 0.05) is 20.0 Å². The molecule has 1 aliphatic heterocycles. The standard InChI is InChI=1S/C15H20O3/c1-11(17-2)9-13(16)10-12-7-8-18-15-6-4-3-5-14(12)15/h3-6,11-12H,7-10H2,1-2H3. The highest BCUT2D eigenvalue weighted by atomic mass is 16.5. The van der Waals surface area contributed by atoms with Gasteiger partial charge in [0.25, 0.3) is 0 Å². The lowest BCUT2D eigenvalue weighted by Crippen LogP contribution is -2.19. The maximum absolute atomic E-state index is 12.0. The summed E-state index contributed by atoms with van der Waals surface area (Å²) in [6.45, 7) is 2.63. The minimum absolute atomic E-state index is 0.00702. The Labute approximate surface area is 108 Å². The average molecular weight is 248 g/mol. The van der Waals surface area contributed by atoms with Crippen molar-refractivity contribution >= 4 is 5.78 Å². The summed E-state index contributed by atoms with van der Waals surface area (Å²) in [5, 5.41) is 0. The zero-order chi connectivity index (χ0) is 13.0. The number of benzene rings is 1. The second kappa shape index (κ2) is 6.01. The van der Waals surface area contributed by atoms with E-state index in [1.54, 1.807) is 7.11 Å². The SMILES string of the molecule is COC(C)CC(=O)CC1CCOc2ccccc21. The Hall–Kier alpha value is -1.35. The Balaban J connectivity index is 2.01. The van der Waals surface area contributed by atoms with Crippen LogP contribution in [0.2, 0.25) is 0 Å². The number of ether oxygens (including phenoxy) is 2. The molecule has 0 fully saturated rings. The molecule has 98 valence electrons. The molecular formula is C15H20O3. The Morgan fingerprint density at radius 2 is 2.28 bits per heavy atom. The van der Waals surface area contributed by atoms with Gasteiger partial charge in [0.05, 0.1) is 12.7 Å². The smallest absolute Gasteiger partial charge is 0.136 e. The molecule has 1 aromatic carbocycles. The number of Topliss-reactive ketones (excluding diaryl/α,β-unsaturated/α-hetero) is 1. The number of methoxy groups -OCH3 is 1. The molecule has 18 heavy (non-hydrogen) atoms. The molecule has 2 unspecified atom stereocenters. The van der Waals surface area contributed by atoms with Gasteiger partial charge in [-0.15, -0.1) is 0 Å². The Morgan fingerprint density at radius 3 is 3.06 bits per heavy atom. The molecular weight excluding hydrogens is 228 g/mol. The molecule has 0 bridgehead atoms. The molecule has 3 nitrogen and oxygen atoms in total. The molecule has 2 atom stereocenters. The number of para-hydroxylation sites is 1. The van der Waals surface area contributed by atoms with Gasteiger partial charge >= 0.3 is 0 Å². The van der Waals surface area contributed by atoms with Crippen LogP contribution in [0.3, 0.4) is 0 Å². The minimum Gasteiger partial charge on any atom is -0.493 e. The number of carbonyl (C=O) groups excluding carboxylic acids is 1. The number of fused-ring (bicyclic) bond motifs is 1. The van der Waals surface area contributed by atoms with E-state index in [1.807, 2.05) is 25.1 Å². The van der Waals surface area contributed by atoms with Crippen LogP contribution >= 0.6 is 0 Å². The van der Waals surface area contributed by atoms with E-state index in [1.165, 1.54) is 5.56 Å². The van der Waals surface area contributed by atoms with Crippen molar-refractivity contribution in [3.8, 4) is 5.75 Å². The first kappa shape index (κ1) is 13.1. The molecule has 0 amide bonds. The molecule has 0 saturated heterocycles. The number of rotatable bonds is 5. The maximum Gasteiger partial charge on any atom is 0.136 e. The summed E-state index contributed by atoms with van der Waals surface area (Å²) in [6, 6.07) is 8.01. The van der Waals surface area contributed by atoms with E-state index in [-0.39, 0.29) is 11.9 Å². The fourth-order valence-corrected chi connectivity index (χ4v) is 2.39. The van der Waals surface area contributed by atoms with E-state index in [0.29, 0.717) is 25.4 Å². The molecule has 2 rings (SSSR count). The average Bonchev–Trinajstić information content (AvgIpc) is 2.39. The lowest BCUT2D eigenvalue weighted by atomic mass is 9.88. The van der Waals surface area contributed by atoms with Crippen molar-refractivity contribution in [2.24, 2.45) is 0 Å². The third-order valence-corrected chi connectivity index (χ3v) is 3.47. The van der Waals surface area contributed by atoms with Gasteiger partial charge in [-0.2, -0.15) is 0 Å². The van der Waals surface area contributed by atoms with Crippen molar-refractivity contribution in [2.75, 3.05) is 13.7 Å². The second-order valence-electron chi connectivity index (χ2n) is 4.87. The maximum atomic E-state index is 12.0. The summed E-state index contributed by atoms with van der Waals surface area (Å²) < 4.78 is 10.7. The van der Waals surface area contributed by atoms with Crippen LogP contribution in [0.5, 0.6) is 5.75 Å². The highest BCUT2D eigenvalue weighted by Crippen LogP contribution is 2.35. The van der Waals surface area contributed by atoms with E-state index in [9.17, 15) is 4.79 Å². The molecule has 0 radical (unpaired) electrons. The van der Waals surface area contributed by atoms with Crippen molar-refractivity contribution in [1.82, 2.24) is 0 Å². The molecule has 1 aromatic rings. The molecule has 1 aliphatic rings. The van der Waals surface area contributed by atoms with Crippen molar-refractivity contribution in [3.63, 3.8) is 0 Å². The van der Waals surface area contributed by atoms with Crippen LogP contribution < -0.4 is 4.74 Å². The number of hydrogen-bond donors (Lipinski definition) is 0. The third kappa shape index (κ3) is 3.10. The first-order chi connectivity index (χ1) is 8.70. The van der Waals surface area contributed by atoms with Crippen LogP contribution in [0.25, 0.3) is 0 Å². The van der Waals surface area contributed by atoms with Crippen LogP contribution in [0, 0.1) is 0 Å². The van der Waals surface area contributed by atoms with Gasteiger partial charge in [-0.1, -0.05) is 18.2 Å². The fraction of sp³-hybridized carbons (Fsp3) is 0.533. The predicted octanol–water partition coefficient (Wildman–Crippen LogP) is 2.94. The molecule has 0 aliphatic carbocycles. The van der Waals surface area contributed by atoms with Crippen LogP contribution in [0.4, 0.5) is 0 Å². The molecule has 1 heterocycles. The Kier molecular flexibility index (Phi) is 4.37. The van der Waals surface area contributed by atoms with E-state index in [4.69, 9.17) is 9.47 Å². The second-order valence-corrected chi connectivity index (χ2v) is 4.87. The topological polar surface area (TPSA) is 35.5 Å². The Morgan fingerprint density at radius 1 is 1.50 bits per heavy atom. The van der Waals surface area contributed by atoms with Gasteiger partial charge in [0.15, 0.2) is 0 Å². The lowest BCUT2D eigenvalue weighted by Gasteiger charge is -2.25. The Bertz CT molecular complexity index is 414. The van der Waals surface area contributed by atoms with Crippen molar-refractivity contribution in [3.05, 3.63) is 29.8 Å². The molecule has 0 spiro atoms. The van der Waals surface area contributed by atoms with Gasteiger partial charge in [0.1, 0.15) is 11.5 Å². The summed E-state index contributed by atoms with van der Waals surface area (Å²) in [4.78, 5) is 12.0. The lowest BCUT2D eigenvalue weighted by molar-refractivity contribution is -0.121. The summed E-state index contributed by atoms with van der Waals surface area (Å²) >= 11 is 0. The first-order valence-electron chi connectivity index (χ1n) is 6.47. The zero-order valence-corrected chi connectivity index (χ0v) is 11.0. The van der Waals surface area contributed by atoms with Gasteiger partial charge in [0.2, 0.25) is 0 Å². The largest absolute Gasteiger partial charge is 0.493 e. The predicted molar refractivity (Wildman–Crippen MR) is 70.0 cm³/mol. The zero-order valence-electron chi connectivity index (χ0n) is 11.0. The molecule has 0 saturated carbocycles. The summed E-state index contributed by atoms with van der Waals surface area (Å²) in [7, 11) is 1.64.